The number of nitrogens with zero attached hydrogens (tertiary/aromatic N) is 4. The highest BCUT2D eigenvalue weighted by molar-refractivity contribution is 4.83. The van der Waals surface area contributed by atoms with Crippen LogP contribution < -0.4 is 5.32 Å². The zero-order chi connectivity index (χ0) is 13.5. The first-order valence-electron chi connectivity index (χ1n) is 7.00. The summed E-state index contributed by atoms with van der Waals surface area (Å²) >= 11 is 0. The van der Waals surface area contributed by atoms with Gasteiger partial charge in [-0.05, 0) is 29.7 Å². The summed E-state index contributed by atoms with van der Waals surface area (Å²) in [5.74, 6) is 1.70. The molecule has 0 spiro atoms. The number of hydrogen-bond donors (Lipinski definition) is 1. The third-order valence-electron chi connectivity index (χ3n) is 3.05. The van der Waals surface area contributed by atoms with E-state index in [2.05, 4.69) is 55.5 Å². The molecule has 0 aliphatic heterocycles. The second-order valence-corrected chi connectivity index (χ2v) is 5.75. The van der Waals surface area contributed by atoms with Gasteiger partial charge in [0.2, 0.25) is 0 Å². The maximum absolute atomic E-state index is 4.11. The minimum atomic E-state index is 0.378. The van der Waals surface area contributed by atoms with Crippen LogP contribution in [0.5, 0.6) is 0 Å². The molecule has 1 aromatic heterocycles. The molecule has 104 valence electrons. The summed E-state index contributed by atoms with van der Waals surface area (Å²) in [6.45, 7) is 11.7. The Balaban J connectivity index is 2.46. The fourth-order valence-corrected chi connectivity index (χ4v) is 1.91. The third kappa shape index (κ3) is 5.12. The van der Waals surface area contributed by atoms with Crippen molar-refractivity contribution < 1.29 is 0 Å². The van der Waals surface area contributed by atoms with Gasteiger partial charge in [-0.25, -0.2) is 4.68 Å². The first kappa shape index (κ1) is 15.1. The summed E-state index contributed by atoms with van der Waals surface area (Å²) in [5, 5.41) is 15.3. The summed E-state index contributed by atoms with van der Waals surface area (Å²) in [7, 11) is 0. The molecule has 0 aliphatic carbocycles. The van der Waals surface area contributed by atoms with Gasteiger partial charge in [-0.15, -0.1) is 5.10 Å². The summed E-state index contributed by atoms with van der Waals surface area (Å²) < 4.78 is 1.95. The highest BCUT2D eigenvalue weighted by Crippen LogP contribution is 2.16. The zero-order valence-electron chi connectivity index (χ0n) is 12.3. The van der Waals surface area contributed by atoms with E-state index in [0.29, 0.717) is 12.1 Å². The van der Waals surface area contributed by atoms with Gasteiger partial charge in [0.15, 0.2) is 5.82 Å². The van der Waals surface area contributed by atoms with Gasteiger partial charge < -0.3 is 5.32 Å². The Kier molecular flexibility index (Phi) is 6.25. The molecule has 0 amide bonds. The van der Waals surface area contributed by atoms with Gasteiger partial charge in [0, 0.05) is 6.04 Å². The maximum atomic E-state index is 4.11. The molecule has 1 heterocycles. The second-order valence-electron chi connectivity index (χ2n) is 5.75. The molecule has 0 fully saturated rings. The molecule has 5 heteroatoms. The molecule has 5 nitrogen and oxygen atoms in total. The van der Waals surface area contributed by atoms with Crippen LogP contribution in [0.2, 0.25) is 0 Å². The molecule has 1 rings (SSSR count). The molecule has 0 aromatic carbocycles. The minimum absolute atomic E-state index is 0.378. The van der Waals surface area contributed by atoms with E-state index in [1.54, 1.807) is 0 Å². The van der Waals surface area contributed by atoms with E-state index in [1.807, 2.05) is 4.68 Å². The van der Waals surface area contributed by atoms with Crippen LogP contribution in [0.3, 0.4) is 0 Å². The predicted molar refractivity (Wildman–Crippen MR) is 73.2 cm³/mol. The molecule has 0 saturated heterocycles. The Morgan fingerprint density at radius 2 is 1.83 bits per heavy atom. The van der Waals surface area contributed by atoms with E-state index < -0.39 is 0 Å². The highest BCUT2D eigenvalue weighted by atomic mass is 15.6. The van der Waals surface area contributed by atoms with Gasteiger partial charge in [-0.1, -0.05) is 40.5 Å². The van der Waals surface area contributed by atoms with Crippen molar-refractivity contribution in [1.29, 1.82) is 0 Å². The minimum Gasteiger partial charge on any atom is -0.308 e. The van der Waals surface area contributed by atoms with Crippen molar-refractivity contribution in [2.75, 3.05) is 0 Å². The van der Waals surface area contributed by atoms with E-state index in [4.69, 9.17) is 0 Å². The summed E-state index contributed by atoms with van der Waals surface area (Å²) in [4.78, 5) is 0. The monoisotopic (exact) mass is 253 g/mol. The van der Waals surface area contributed by atoms with E-state index in [1.165, 1.54) is 12.8 Å². The Hall–Kier alpha value is -0.970. The molecule has 18 heavy (non-hydrogen) atoms. The van der Waals surface area contributed by atoms with Gasteiger partial charge in [0.05, 0.1) is 12.6 Å². The van der Waals surface area contributed by atoms with E-state index in [0.717, 1.165) is 24.7 Å². The van der Waals surface area contributed by atoms with Crippen molar-refractivity contribution in [3.8, 4) is 0 Å². The first-order chi connectivity index (χ1) is 8.50. The lowest BCUT2D eigenvalue weighted by Crippen LogP contribution is -2.25. The molecule has 0 radical (unpaired) electrons. The van der Waals surface area contributed by atoms with Crippen LogP contribution in [0.25, 0.3) is 0 Å². The van der Waals surface area contributed by atoms with Crippen molar-refractivity contribution in [3.63, 3.8) is 0 Å². The Bertz CT molecular complexity index is 332. The number of nitrogens with one attached hydrogen (secondary N) is 1. The normalized spacial score (nSPS) is 13.5. The molecular formula is C13H27N5. The van der Waals surface area contributed by atoms with Crippen LogP contribution in [0, 0.1) is 5.92 Å². The van der Waals surface area contributed by atoms with Crippen molar-refractivity contribution >= 4 is 0 Å². The van der Waals surface area contributed by atoms with Crippen molar-refractivity contribution in [2.24, 2.45) is 5.92 Å². The van der Waals surface area contributed by atoms with Crippen molar-refractivity contribution in [2.45, 2.75) is 72.5 Å². The molecular weight excluding hydrogens is 226 g/mol. The molecule has 1 unspecified atom stereocenters. The molecule has 0 aliphatic rings. The number of hydrogen-bond acceptors (Lipinski definition) is 4. The van der Waals surface area contributed by atoms with Crippen LogP contribution in [0.15, 0.2) is 0 Å². The quantitative estimate of drug-likeness (QED) is 0.773. The fourth-order valence-electron chi connectivity index (χ4n) is 1.91. The highest BCUT2D eigenvalue weighted by Gasteiger charge is 2.12. The van der Waals surface area contributed by atoms with Gasteiger partial charge >= 0.3 is 0 Å². The lowest BCUT2D eigenvalue weighted by Gasteiger charge is -2.15. The van der Waals surface area contributed by atoms with Crippen molar-refractivity contribution in [3.05, 3.63) is 5.82 Å². The van der Waals surface area contributed by atoms with Crippen LogP contribution >= 0.6 is 0 Å². The van der Waals surface area contributed by atoms with E-state index >= 15 is 0 Å². The van der Waals surface area contributed by atoms with Gasteiger partial charge in [-0.3, -0.25) is 0 Å². The average Bonchev–Trinajstić information content (AvgIpc) is 2.73. The Labute approximate surface area is 110 Å². The van der Waals surface area contributed by atoms with Gasteiger partial charge in [0.1, 0.15) is 0 Å². The number of aromatic nitrogens is 4. The predicted octanol–water partition coefficient (Wildman–Crippen LogP) is 2.56. The van der Waals surface area contributed by atoms with Crippen LogP contribution in [0.1, 0.15) is 65.7 Å². The summed E-state index contributed by atoms with van der Waals surface area (Å²) in [5.41, 5.74) is 0. The van der Waals surface area contributed by atoms with Crippen molar-refractivity contribution in [1.82, 2.24) is 25.5 Å². The largest absolute Gasteiger partial charge is 0.308 e. The second kappa shape index (κ2) is 7.46. The first-order valence-corrected chi connectivity index (χ1v) is 7.00. The maximum Gasteiger partial charge on any atom is 0.165 e. The van der Waals surface area contributed by atoms with Gasteiger partial charge in [-0.2, -0.15) is 0 Å². The third-order valence-corrected chi connectivity index (χ3v) is 3.05. The topological polar surface area (TPSA) is 55.6 Å². The zero-order valence-corrected chi connectivity index (χ0v) is 12.3. The SMILES string of the molecule is CC(C)CCCC(C)n1nnnc1CNC(C)C. The van der Waals surface area contributed by atoms with Gasteiger partial charge in [0.25, 0.3) is 0 Å². The molecule has 1 aromatic rings. The average molecular weight is 253 g/mol. The van der Waals surface area contributed by atoms with Crippen LogP contribution in [-0.4, -0.2) is 26.2 Å². The lowest BCUT2D eigenvalue weighted by molar-refractivity contribution is 0.394. The Morgan fingerprint density at radius 1 is 1.11 bits per heavy atom. The smallest absolute Gasteiger partial charge is 0.165 e. The van der Waals surface area contributed by atoms with Crippen LogP contribution in [-0.2, 0) is 6.54 Å². The molecule has 1 atom stereocenters. The summed E-state index contributed by atoms with van der Waals surface area (Å²) in [6.07, 6.45) is 3.64. The number of tetrazole rings is 1. The molecule has 0 saturated carbocycles. The standard InChI is InChI=1S/C13H27N5/c1-10(2)7-6-8-12(5)18-13(15-16-17-18)9-14-11(3)4/h10-12,14H,6-9H2,1-5H3. The van der Waals surface area contributed by atoms with E-state index in [9.17, 15) is 0 Å². The summed E-state index contributed by atoms with van der Waals surface area (Å²) in [6, 6.07) is 0.828. The fraction of sp³-hybridized carbons (Fsp3) is 0.923. The molecule has 0 bridgehead atoms. The molecule has 1 N–H and O–H groups in total. The van der Waals surface area contributed by atoms with E-state index in [-0.39, 0.29) is 0 Å². The van der Waals surface area contributed by atoms with Crippen LogP contribution in [0.4, 0.5) is 0 Å². The lowest BCUT2D eigenvalue weighted by atomic mass is 10.0. The Morgan fingerprint density at radius 3 is 2.44 bits per heavy atom. The number of rotatable bonds is 8.